The second kappa shape index (κ2) is 7.39. The first-order valence-corrected chi connectivity index (χ1v) is 6.34. The third-order valence-electron chi connectivity index (χ3n) is 2.76. The maximum Gasteiger partial charge on any atom is 0.219 e. The number of hydrogen-bond donors (Lipinski definition) is 1. The summed E-state index contributed by atoms with van der Waals surface area (Å²) in [6.07, 6.45) is 4.11. The highest BCUT2D eigenvalue weighted by molar-refractivity contribution is 4.90. The minimum atomic E-state index is 0.421. The van der Waals surface area contributed by atoms with E-state index in [-0.39, 0.29) is 0 Å². The molecule has 1 rings (SSSR count). The fourth-order valence-corrected chi connectivity index (χ4v) is 1.67. The number of aromatic nitrogens is 2. The third-order valence-corrected chi connectivity index (χ3v) is 2.76. The van der Waals surface area contributed by atoms with Gasteiger partial charge in [-0.15, -0.1) is 10.2 Å². The molecule has 1 heterocycles. The smallest absolute Gasteiger partial charge is 0.219 e. The van der Waals surface area contributed by atoms with Crippen LogP contribution in [-0.4, -0.2) is 23.3 Å². The van der Waals surface area contributed by atoms with Crippen LogP contribution < -0.4 is 5.32 Å². The molecule has 92 valence electrons. The molecule has 0 aromatic carbocycles. The van der Waals surface area contributed by atoms with Crippen molar-refractivity contribution in [3.8, 4) is 0 Å². The van der Waals surface area contributed by atoms with Crippen molar-refractivity contribution >= 4 is 0 Å². The fourth-order valence-electron chi connectivity index (χ4n) is 1.67. The Hall–Kier alpha value is -0.900. The Bertz CT molecular complexity index is 282. The van der Waals surface area contributed by atoms with Crippen LogP contribution in [0.3, 0.4) is 0 Å². The van der Waals surface area contributed by atoms with Gasteiger partial charge < -0.3 is 9.73 Å². The summed E-state index contributed by atoms with van der Waals surface area (Å²) < 4.78 is 5.65. The lowest BCUT2D eigenvalue weighted by atomic mass is 10.0. The highest BCUT2D eigenvalue weighted by atomic mass is 16.4. The van der Waals surface area contributed by atoms with E-state index in [0.717, 1.165) is 50.6 Å². The molecule has 0 bridgehead atoms. The molecule has 0 amide bonds. The molecule has 0 aliphatic rings. The molecule has 0 aliphatic heterocycles. The zero-order valence-corrected chi connectivity index (χ0v) is 10.6. The summed E-state index contributed by atoms with van der Waals surface area (Å²) in [5, 5.41) is 11.5. The number of nitrogens with one attached hydrogen (secondary N) is 1. The zero-order chi connectivity index (χ0) is 11.8. The normalized spacial score (nSPS) is 11.2. The minimum Gasteiger partial charge on any atom is -0.425 e. The van der Waals surface area contributed by atoms with E-state index in [9.17, 15) is 0 Å². The number of rotatable bonds is 8. The van der Waals surface area contributed by atoms with Crippen LogP contribution in [0.4, 0.5) is 0 Å². The van der Waals surface area contributed by atoms with Gasteiger partial charge >= 0.3 is 0 Å². The van der Waals surface area contributed by atoms with E-state index in [4.69, 9.17) is 4.42 Å². The lowest BCUT2D eigenvalue weighted by Crippen LogP contribution is -2.17. The van der Waals surface area contributed by atoms with Gasteiger partial charge in [-0.2, -0.15) is 0 Å². The van der Waals surface area contributed by atoms with Gasteiger partial charge in [0.25, 0.3) is 0 Å². The maximum atomic E-state index is 5.65. The van der Waals surface area contributed by atoms with Crippen LogP contribution in [0.5, 0.6) is 0 Å². The van der Waals surface area contributed by atoms with Crippen molar-refractivity contribution in [1.82, 2.24) is 15.5 Å². The molecule has 0 radical (unpaired) electrons. The first-order chi connectivity index (χ1) is 7.81. The minimum absolute atomic E-state index is 0.421. The van der Waals surface area contributed by atoms with Gasteiger partial charge in [0.05, 0.1) is 0 Å². The van der Waals surface area contributed by atoms with Crippen LogP contribution >= 0.6 is 0 Å². The van der Waals surface area contributed by atoms with Gasteiger partial charge in [0.1, 0.15) is 0 Å². The molecule has 1 aromatic rings. The average Bonchev–Trinajstić information content (AvgIpc) is 2.75. The number of nitrogens with zero attached hydrogens (tertiary/aromatic N) is 2. The molecule has 0 saturated heterocycles. The molecular weight excluding hydrogens is 202 g/mol. The zero-order valence-electron chi connectivity index (χ0n) is 10.6. The van der Waals surface area contributed by atoms with Crippen molar-refractivity contribution in [1.29, 1.82) is 0 Å². The summed E-state index contributed by atoms with van der Waals surface area (Å²) >= 11 is 0. The third kappa shape index (κ3) is 3.93. The van der Waals surface area contributed by atoms with Crippen molar-refractivity contribution in [2.45, 2.75) is 52.4 Å². The molecule has 0 unspecified atom stereocenters. The number of hydrogen-bond acceptors (Lipinski definition) is 4. The molecule has 4 nitrogen and oxygen atoms in total. The predicted molar refractivity (Wildman–Crippen MR) is 64.5 cm³/mol. The Morgan fingerprint density at radius 1 is 1.12 bits per heavy atom. The van der Waals surface area contributed by atoms with Crippen molar-refractivity contribution in [3.05, 3.63) is 11.8 Å². The molecule has 0 aliphatic carbocycles. The van der Waals surface area contributed by atoms with E-state index in [0.29, 0.717) is 5.92 Å². The van der Waals surface area contributed by atoms with E-state index < -0.39 is 0 Å². The van der Waals surface area contributed by atoms with Gasteiger partial charge in [-0.05, 0) is 25.8 Å². The van der Waals surface area contributed by atoms with Gasteiger partial charge in [0, 0.05) is 18.9 Å². The lowest BCUT2D eigenvalue weighted by molar-refractivity contribution is 0.401. The van der Waals surface area contributed by atoms with Crippen LogP contribution in [0, 0.1) is 0 Å². The molecule has 0 fully saturated rings. The first kappa shape index (κ1) is 13.2. The Morgan fingerprint density at radius 2 is 1.88 bits per heavy atom. The topological polar surface area (TPSA) is 51.0 Å². The van der Waals surface area contributed by atoms with Gasteiger partial charge in [0.15, 0.2) is 0 Å². The second-order valence-electron chi connectivity index (χ2n) is 4.05. The molecule has 0 atom stereocenters. The largest absolute Gasteiger partial charge is 0.425 e. The van der Waals surface area contributed by atoms with Crippen LogP contribution in [0.25, 0.3) is 0 Å². The van der Waals surface area contributed by atoms with Crippen molar-refractivity contribution < 1.29 is 4.42 Å². The molecule has 1 N–H and O–H groups in total. The van der Waals surface area contributed by atoms with Crippen LogP contribution in [0.1, 0.15) is 57.7 Å². The van der Waals surface area contributed by atoms with Crippen molar-refractivity contribution in [3.63, 3.8) is 0 Å². The molecule has 4 heteroatoms. The van der Waals surface area contributed by atoms with E-state index >= 15 is 0 Å². The van der Waals surface area contributed by atoms with Gasteiger partial charge in [0.2, 0.25) is 11.8 Å². The summed E-state index contributed by atoms with van der Waals surface area (Å²) in [4.78, 5) is 0. The quantitative estimate of drug-likeness (QED) is 0.691. The molecule has 1 aromatic heterocycles. The first-order valence-electron chi connectivity index (χ1n) is 6.34. The summed E-state index contributed by atoms with van der Waals surface area (Å²) in [6, 6.07) is 0. The standard InChI is InChI=1S/C12H23N3O/c1-4-8-13-9-7-11-14-15-12(16-11)10(5-2)6-3/h10,13H,4-9H2,1-3H3. The van der Waals surface area contributed by atoms with Gasteiger partial charge in [-0.1, -0.05) is 20.8 Å². The molecule has 16 heavy (non-hydrogen) atoms. The highest BCUT2D eigenvalue weighted by Gasteiger charge is 2.14. The molecular formula is C12H23N3O. The van der Waals surface area contributed by atoms with Gasteiger partial charge in [-0.3, -0.25) is 0 Å². The van der Waals surface area contributed by atoms with Crippen LogP contribution in [-0.2, 0) is 6.42 Å². The van der Waals surface area contributed by atoms with E-state index in [1.807, 2.05) is 0 Å². The Balaban J connectivity index is 2.38. The van der Waals surface area contributed by atoms with Crippen molar-refractivity contribution in [2.75, 3.05) is 13.1 Å². The maximum absolute atomic E-state index is 5.65. The van der Waals surface area contributed by atoms with Crippen molar-refractivity contribution in [2.24, 2.45) is 0 Å². The van der Waals surface area contributed by atoms with Gasteiger partial charge in [-0.25, -0.2) is 0 Å². The predicted octanol–water partition coefficient (Wildman–Crippen LogP) is 2.52. The van der Waals surface area contributed by atoms with Crippen LogP contribution in [0.15, 0.2) is 4.42 Å². The molecule has 0 saturated carbocycles. The monoisotopic (exact) mass is 225 g/mol. The van der Waals surface area contributed by atoms with Crippen LogP contribution in [0.2, 0.25) is 0 Å². The fraction of sp³-hybridized carbons (Fsp3) is 0.833. The Kier molecular flexibility index (Phi) is 6.08. The van der Waals surface area contributed by atoms with E-state index in [1.165, 1.54) is 0 Å². The summed E-state index contributed by atoms with van der Waals surface area (Å²) in [7, 11) is 0. The summed E-state index contributed by atoms with van der Waals surface area (Å²) in [5.74, 6) is 1.98. The summed E-state index contributed by atoms with van der Waals surface area (Å²) in [5.41, 5.74) is 0. The Morgan fingerprint density at radius 3 is 2.50 bits per heavy atom. The van der Waals surface area contributed by atoms with E-state index in [1.54, 1.807) is 0 Å². The average molecular weight is 225 g/mol. The lowest BCUT2D eigenvalue weighted by Gasteiger charge is -2.05. The second-order valence-corrected chi connectivity index (χ2v) is 4.05. The Labute approximate surface area is 97.8 Å². The van der Waals surface area contributed by atoms with E-state index in [2.05, 4.69) is 36.3 Å². The highest BCUT2D eigenvalue weighted by Crippen LogP contribution is 2.21. The SMILES string of the molecule is CCCNCCc1nnc(C(CC)CC)o1. The molecule has 0 spiro atoms. The summed E-state index contributed by atoms with van der Waals surface area (Å²) in [6.45, 7) is 8.43.